The molecule has 0 aliphatic heterocycles. The largest absolute Gasteiger partial charge is 0.507 e. The van der Waals surface area contributed by atoms with Crippen LogP contribution in [0.2, 0.25) is 0 Å². The summed E-state index contributed by atoms with van der Waals surface area (Å²) in [6.45, 7) is 5.90. The van der Waals surface area contributed by atoms with Gasteiger partial charge in [-0.1, -0.05) is 32.0 Å². The van der Waals surface area contributed by atoms with Gasteiger partial charge in [0.1, 0.15) is 11.5 Å². The lowest BCUT2D eigenvalue weighted by Crippen LogP contribution is -1.79. The molecule has 2 aromatic carbocycles. The van der Waals surface area contributed by atoms with Crippen LogP contribution in [-0.2, 0) is 0 Å². The summed E-state index contributed by atoms with van der Waals surface area (Å²) in [5, 5.41) is 20.5. The number of aryl methyl sites for hydroxylation is 1. The number of phenols is 2. The zero-order chi connectivity index (χ0) is 11.4. The fourth-order valence-electron chi connectivity index (χ4n) is 1.55. The summed E-state index contributed by atoms with van der Waals surface area (Å²) in [5.41, 5.74) is 0.964. The van der Waals surface area contributed by atoms with E-state index in [0.717, 1.165) is 10.9 Å². The second kappa shape index (κ2) is 4.69. The van der Waals surface area contributed by atoms with Gasteiger partial charge in [-0.2, -0.15) is 0 Å². The van der Waals surface area contributed by atoms with Crippen LogP contribution in [0.3, 0.4) is 0 Å². The molecule has 0 bridgehead atoms. The Morgan fingerprint density at radius 3 is 2.13 bits per heavy atom. The molecule has 2 heteroatoms. The number of benzene rings is 2. The van der Waals surface area contributed by atoms with Gasteiger partial charge in [0.05, 0.1) is 0 Å². The molecule has 0 aliphatic carbocycles. The van der Waals surface area contributed by atoms with Gasteiger partial charge in [-0.3, -0.25) is 0 Å². The average Bonchev–Trinajstić information content (AvgIpc) is 2.26. The molecule has 0 spiro atoms. The van der Waals surface area contributed by atoms with E-state index in [1.807, 2.05) is 20.8 Å². The highest BCUT2D eigenvalue weighted by molar-refractivity contribution is 5.95. The Morgan fingerprint density at radius 2 is 1.53 bits per heavy atom. The van der Waals surface area contributed by atoms with Crippen LogP contribution >= 0.6 is 0 Å². The van der Waals surface area contributed by atoms with Crippen LogP contribution in [0.1, 0.15) is 19.4 Å². The fraction of sp³-hybridized carbons (Fsp3) is 0.231. The van der Waals surface area contributed by atoms with E-state index >= 15 is 0 Å². The summed E-state index contributed by atoms with van der Waals surface area (Å²) >= 11 is 0. The number of aromatic hydroxyl groups is 2. The topological polar surface area (TPSA) is 40.5 Å². The molecule has 0 unspecified atom stereocenters. The van der Waals surface area contributed by atoms with Crippen molar-refractivity contribution in [2.24, 2.45) is 0 Å². The van der Waals surface area contributed by atoms with Crippen LogP contribution < -0.4 is 0 Å². The van der Waals surface area contributed by atoms with Crippen molar-refractivity contribution in [1.82, 2.24) is 0 Å². The molecule has 2 nitrogen and oxygen atoms in total. The van der Waals surface area contributed by atoms with Gasteiger partial charge in [0.15, 0.2) is 0 Å². The van der Waals surface area contributed by atoms with Crippen molar-refractivity contribution in [2.75, 3.05) is 0 Å². The molecule has 0 heterocycles. The Morgan fingerprint density at radius 1 is 0.867 bits per heavy atom. The van der Waals surface area contributed by atoms with Gasteiger partial charge >= 0.3 is 0 Å². The second-order valence-corrected chi connectivity index (χ2v) is 3.10. The minimum Gasteiger partial charge on any atom is -0.507 e. The fourth-order valence-corrected chi connectivity index (χ4v) is 1.55. The van der Waals surface area contributed by atoms with E-state index in [0.29, 0.717) is 5.39 Å². The molecule has 2 N–H and O–H groups in total. The van der Waals surface area contributed by atoms with Crippen molar-refractivity contribution in [3.05, 3.63) is 35.9 Å². The van der Waals surface area contributed by atoms with E-state index in [1.165, 1.54) is 0 Å². The predicted molar refractivity (Wildman–Crippen MR) is 63.4 cm³/mol. The summed E-state index contributed by atoms with van der Waals surface area (Å²) in [5.74, 6) is 0.419. The van der Waals surface area contributed by atoms with Gasteiger partial charge in [-0.25, -0.2) is 0 Å². The summed E-state index contributed by atoms with van der Waals surface area (Å²) in [6, 6.07) is 8.55. The third kappa shape index (κ3) is 2.04. The summed E-state index contributed by atoms with van der Waals surface area (Å²) in [7, 11) is 0. The lowest BCUT2D eigenvalue weighted by atomic mass is 10.0. The average molecular weight is 204 g/mol. The quantitative estimate of drug-likeness (QED) is 0.688. The molecular weight excluding hydrogens is 188 g/mol. The number of hydrogen-bond acceptors (Lipinski definition) is 2. The molecule has 0 aliphatic rings. The SMILES string of the molecule is CC.Cc1ccc(O)c2cccc(O)c12. The smallest absolute Gasteiger partial charge is 0.123 e. The van der Waals surface area contributed by atoms with Crippen molar-refractivity contribution < 1.29 is 10.2 Å². The number of fused-ring (bicyclic) bond motifs is 1. The third-order valence-electron chi connectivity index (χ3n) is 2.20. The Kier molecular flexibility index (Phi) is 3.56. The van der Waals surface area contributed by atoms with Crippen molar-refractivity contribution >= 4 is 10.8 Å². The Bertz CT molecular complexity index is 453. The molecule has 0 aromatic heterocycles. The van der Waals surface area contributed by atoms with Crippen LogP contribution in [0.15, 0.2) is 30.3 Å². The van der Waals surface area contributed by atoms with E-state index in [9.17, 15) is 10.2 Å². The van der Waals surface area contributed by atoms with E-state index in [1.54, 1.807) is 30.3 Å². The first-order valence-electron chi connectivity index (χ1n) is 5.10. The summed E-state index contributed by atoms with van der Waals surface area (Å²) < 4.78 is 0. The zero-order valence-electron chi connectivity index (χ0n) is 9.28. The van der Waals surface area contributed by atoms with E-state index in [-0.39, 0.29) is 11.5 Å². The minimum atomic E-state index is 0.205. The first-order chi connectivity index (χ1) is 7.20. The highest BCUT2D eigenvalue weighted by atomic mass is 16.3. The molecule has 0 saturated carbocycles. The third-order valence-corrected chi connectivity index (χ3v) is 2.20. The standard InChI is InChI=1S/C11H10O2.C2H6/c1-7-5-6-9(12)8-3-2-4-10(13)11(7)8;1-2/h2-6,12-13H,1H3;1-2H3. The minimum absolute atomic E-state index is 0.205. The van der Waals surface area contributed by atoms with Gasteiger partial charge < -0.3 is 10.2 Å². The van der Waals surface area contributed by atoms with Crippen molar-refractivity contribution in [3.8, 4) is 11.5 Å². The van der Waals surface area contributed by atoms with E-state index in [2.05, 4.69) is 0 Å². The highest BCUT2D eigenvalue weighted by Crippen LogP contribution is 2.32. The van der Waals surface area contributed by atoms with E-state index < -0.39 is 0 Å². The Labute approximate surface area is 89.8 Å². The van der Waals surface area contributed by atoms with E-state index in [4.69, 9.17) is 0 Å². The van der Waals surface area contributed by atoms with Crippen molar-refractivity contribution in [2.45, 2.75) is 20.8 Å². The summed E-state index contributed by atoms with van der Waals surface area (Å²) in [4.78, 5) is 0. The molecule has 2 aromatic rings. The number of rotatable bonds is 0. The lowest BCUT2D eigenvalue weighted by Gasteiger charge is -2.05. The molecule has 0 amide bonds. The first-order valence-corrected chi connectivity index (χ1v) is 5.10. The molecule has 15 heavy (non-hydrogen) atoms. The molecule has 0 saturated heterocycles. The molecule has 0 fully saturated rings. The highest BCUT2D eigenvalue weighted by Gasteiger charge is 2.05. The van der Waals surface area contributed by atoms with Crippen molar-refractivity contribution in [3.63, 3.8) is 0 Å². The Balaban J connectivity index is 0.000000531. The van der Waals surface area contributed by atoms with Crippen LogP contribution in [0.4, 0.5) is 0 Å². The molecular formula is C13H16O2. The Hall–Kier alpha value is -1.70. The lowest BCUT2D eigenvalue weighted by molar-refractivity contribution is 0.475. The maximum Gasteiger partial charge on any atom is 0.123 e. The van der Waals surface area contributed by atoms with Gasteiger partial charge in [-0.15, -0.1) is 0 Å². The van der Waals surface area contributed by atoms with Gasteiger partial charge in [0.2, 0.25) is 0 Å². The van der Waals surface area contributed by atoms with Crippen LogP contribution in [0.5, 0.6) is 11.5 Å². The van der Waals surface area contributed by atoms with Crippen LogP contribution in [0, 0.1) is 6.92 Å². The zero-order valence-corrected chi connectivity index (χ0v) is 9.28. The maximum atomic E-state index is 9.57. The van der Waals surface area contributed by atoms with Gasteiger partial charge in [-0.05, 0) is 24.6 Å². The number of phenolic OH excluding ortho intramolecular Hbond substituents is 2. The predicted octanol–water partition coefficient (Wildman–Crippen LogP) is 3.59. The molecule has 0 radical (unpaired) electrons. The molecule has 2 rings (SSSR count). The normalized spacial score (nSPS) is 9.53. The first kappa shape index (κ1) is 11.4. The monoisotopic (exact) mass is 204 g/mol. The summed E-state index contributed by atoms with van der Waals surface area (Å²) in [6.07, 6.45) is 0. The van der Waals surface area contributed by atoms with Crippen LogP contribution in [-0.4, -0.2) is 10.2 Å². The maximum absolute atomic E-state index is 9.57. The second-order valence-electron chi connectivity index (χ2n) is 3.10. The van der Waals surface area contributed by atoms with Crippen LogP contribution in [0.25, 0.3) is 10.8 Å². The van der Waals surface area contributed by atoms with Gasteiger partial charge in [0, 0.05) is 10.8 Å². The number of hydrogen-bond donors (Lipinski definition) is 2. The molecule has 80 valence electrons. The van der Waals surface area contributed by atoms with Gasteiger partial charge in [0.25, 0.3) is 0 Å². The molecule has 0 atom stereocenters. The van der Waals surface area contributed by atoms with Crippen molar-refractivity contribution in [1.29, 1.82) is 0 Å².